The van der Waals surface area contributed by atoms with Crippen LogP contribution in [0, 0.1) is 0 Å². The fourth-order valence-corrected chi connectivity index (χ4v) is 2.23. The highest BCUT2D eigenvalue weighted by atomic mass is 32.2. The van der Waals surface area contributed by atoms with Gasteiger partial charge >= 0.3 is 0 Å². The van der Waals surface area contributed by atoms with Crippen LogP contribution in [-0.2, 0) is 5.41 Å². The largest absolute Gasteiger partial charge is 0.245 e. The van der Waals surface area contributed by atoms with Crippen molar-refractivity contribution in [2.75, 3.05) is 0 Å². The maximum absolute atomic E-state index is 4.20. The van der Waals surface area contributed by atoms with Crippen molar-refractivity contribution in [2.45, 2.75) is 36.1 Å². The van der Waals surface area contributed by atoms with Crippen LogP contribution in [0.25, 0.3) is 0 Å². The molecule has 0 atom stereocenters. The zero-order chi connectivity index (χ0) is 12.3. The minimum absolute atomic E-state index is 0.206. The number of aromatic nitrogens is 2. The molecule has 2 rings (SSSR count). The minimum Gasteiger partial charge on any atom is -0.245 e. The molecule has 0 spiro atoms. The molecule has 0 aliphatic carbocycles. The lowest BCUT2D eigenvalue weighted by Gasteiger charge is -2.18. The highest BCUT2D eigenvalue weighted by molar-refractivity contribution is 7.99. The zero-order valence-electron chi connectivity index (χ0n) is 10.3. The van der Waals surface area contributed by atoms with Gasteiger partial charge < -0.3 is 0 Å². The molecule has 0 unspecified atom stereocenters. The molecule has 0 saturated carbocycles. The van der Waals surface area contributed by atoms with Crippen molar-refractivity contribution in [3.8, 4) is 0 Å². The summed E-state index contributed by atoms with van der Waals surface area (Å²) in [7, 11) is 0. The van der Waals surface area contributed by atoms with E-state index in [9.17, 15) is 0 Å². The quantitative estimate of drug-likeness (QED) is 0.749. The Kier molecular flexibility index (Phi) is 3.48. The molecule has 0 amide bonds. The second kappa shape index (κ2) is 4.88. The van der Waals surface area contributed by atoms with Crippen molar-refractivity contribution < 1.29 is 0 Å². The Morgan fingerprint density at radius 3 is 2.24 bits per heavy atom. The van der Waals surface area contributed by atoms with Gasteiger partial charge in [0.25, 0.3) is 0 Å². The van der Waals surface area contributed by atoms with Gasteiger partial charge in [0.1, 0.15) is 11.4 Å². The van der Waals surface area contributed by atoms with E-state index in [1.165, 1.54) is 10.5 Å². The SMILES string of the molecule is CC(C)(C)c1ccc(Sc2ccncn2)cc1. The molecular weight excluding hydrogens is 228 g/mol. The molecule has 0 radical (unpaired) electrons. The van der Waals surface area contributed by atoms with Gasteiger partial charge in [-0.1, -0.05) is 44.7 Å². The first kappa shape index (κ1) is 12.1. The number of benzene rings is 1. The van der Waals surface area contributed by atoms with Crippen molar-refractivity contribution >= 4 is 11.8 Å². The van der Waals surface area contributed by atoms with Crippen LogP contribution in [0.15, 0.2) is 52.8 Å². The lowest BCUT2D eigenvalue weighted by molar-refractivity contribution is 0.590. The van der Waals surface area contributed by atoms with E-state index in [4.69, 9.17) is 0 Å². The summed E-state index contributed by atoms with van der Waals surface area (Å²) in [6, 6.07) is 10.6. The van der Waals surface area contributed by atoms with Crippen LogP contribution < -0.4 is 0 Å². The van der Waals surface area contributed by atoms with Gasteiger partial charge in [0.15, 0.2) is 0 Å². The van der Waals surface area contributed by atoms with Gasteiger partial charge in [0.05, 0.1) is 0 Å². The Morgan fingerprint density at radius 1 is 1.00 bits per heavy atom. The number of hydrogen-bond donors (Lipinski definition) is 0. The maximum Gasteiger partial charge on any atom is 0.116 e. The smallest absolute Gasteiger partial charge is 0.116 e. The fraction of sp³-hybridized carbons (Fsp3) is 0.286. The molecule has 0 fully saturated rings. The molecule has 1 heterocycles. The molecule has 0 aliphatic heterocycles. The summed E-state index contributed by atoms with van der Waals surface area (Å²) in [5, 5.41) is 0.975. The Bertz CT molecular complexity index is 472. The highest BCUT2D eigenvalue weighted by Gasteiger charge is 2.12. The summed E-state index contributed by atoms with van der Waals surface area (Å²) in [4.78, 5) is 9.31. The van der Waals surface area contributed by atoms with E-state index in [0.29, 0.717) is 0 Å². The summed E-state index contributed by atoms with van der Waals surface area (Å²) in [5.74, 6) is 0. The van der Waals surface area contributed by atoms with Crippen LogP contribution >= 0.6 is 11.8 Å². The van der Waals surface area contributed by atoms with Gasteiger partial charge in [-0.25, -0.2) is 9.97 Å². The summed E-state index contributed by atoms with van der Waals surface area (Å²) >= 11 is 1.66. The maximum atomic E-state index is 4.20. The average molecular weight is 244 g/mol. The monoisotopic (exact) mass is 244 g/mol. The van der Waals surface area contributed by atoms with Gasteiger partial charge in [-0.3, -0.25) is 0 Å². The summed E-state index contributed by atoms with van der Waals surface area (Å²) in [5.41, 5.74) is 1.56. The van der Waals surface area contributed by atoms with Crippen LogP contribution in [0.5, 0.6) is 0 Å². The van der Waals surface area contributed by atoms with E-state index in [1.807, 2.05) is 6.07 Å². The summed E-state index contributed by atoms with van der Waals surface area (Å²) in [6.45, 7) is 6.67. The van der Waals surface area contributed by atoms with Gasteiger partial charge in [-0.05, 0) is 29.2 Å². The molecule has 1 aromatic carbocycles. The summed E-state index contributed by atoms with van der Waals surface area (Å²) in [6.07, 6.45) is 3.34. The first-order chi connectivity index (χ1) is 8.05. The Balaban J connectivity index is 2.14. The van der Waals surface area contributed by atoms with Crippen molar-refractivity contribution in [3.63, 3.8) is 0 Å². The van der Waals surface area contributed by atoms with Crippen LogP contribution in [0.4, 0.5) is 0 Å². The molecule has 2 nitrogen and oxygen atoms in total. The first-order valence-electron chi connectivity index (χ1n) is 5.60. The highest BCUT2D eigenvalue weighted by Crippen LogP contribution is 2.28. The van der Waals surface area contributed by atoms with Gasteiger partial charge in [-0.2, -0.15) is 0 Å². The zero-order valence-corrected chi connectivity index (χ0v) is 11.2. The molecular formula is C14H16N2S. The Hall–Kier alpha value is -1.35. The topological polar surface area (TPSA) is 25.8 Å². The van der Waals surface area contributed by atoms with Crippen molar-refractivity contribution in [1.29, 1.82) is 0 Å². The molecule has 0 bridgehead atoms. The van der Waals surface area contributed by atoms with Crippen LogP contribution in [0.2, 0.25) is 0 Å². The van der Waals surface area contributed by atoms with E-state index < -0.39 is 0 Å². The molecule has 17 heavy (non-hydrogen) atoms. The standard InChI is InChI=1S/C14H16N2S/c1-14(2,3)11-4-6-12(7-5-11)17-13-8-9-15-10-16-13/h4-10H,1-3H3. The van der Waals surface area contributed by atoms with Gasteiger partial charge in [0, 0.05) is 11.1 Å². The number of nitrogens with zero attached hydrogens (tertiary/aromatic N) is 2. The number of hydrogen-bond acceptors (Lipinski definition) is 3. The Labute approximate surface area is 107 Å². The van der Waals surface area contributed by atoms with E-state index in [-0.39, 0.29) is 5.41 Å². The van der Waals surface area contributed by atoms with Crippen LogP contribution in [-0.4, -0.2) is 9.97 Å². The molecule has 0 N–H and O–H groups in total. The third kappa shape index (κ3) is 3.30. The third-order valence-corrected chi connectivity index (χ3v) is 3.46. The number of rotatable bonds is 2. The average Bonchev–Trinajstić information content (AvgIpc) is 2.30. The minimum atomic E-state index is 0.206. The van der Waals surface area contributed by atoms with Crippen molar-refractivity contribution in [2.24, 2.45) is 0 Å². The van der Waals surface area contributed by atoms with Gasteiger partial charge in [-0.15, -0.1) is 0 Å². The fourth-order valence-electron chi connectivity index (χ4n) is 1.48. The molecule has 3 heteroatoms. The van der Waals surface area contributed by atoms with E-state index in [1.54, 1.807) is 24.3 Å². The third-order valence-electron chi connectivity index (χ3n) is 2.50. The predicted octanol–water partition coefficient (Wildman–Crippen LogP) is 3.93. The van der Waals surface area contributed by atoms with Crippen molar-refractivity contribution in [3.05, 3.63) is 48.4 Å². The lowest BCUT2D eigenvalue weighted by Crippen LogP contribution is -2.10. The first-order valence-corrected chi connectivity index (χ1v) is 6.42. The molecule has 1 aromatic heterocycles. The second-order valence-corrected chi connectivity index (χ2v) is 6.02. The Morgan fingerprint density at radius 2 is 1.71 bits per heavy atom. The van der Waals surface area contributed by atoms with E-state index in [2.05, 4.69) is 55.0 Å². The lowest BCUT2D eigenvalue weighted by atomic mass is 9.87. The van der Waals surface area contributed by atoms with Crippen LogP contribution in [0.3, 0.4) is 0 Å². The van der Waals surface area contributed by atoms with Gasteiger partial charge in [0.2, 0.25) is 0 Å². The van der Waals surface area contributed by atoms with Crippen LogP contribution in [0.1, 0.15) is 26.3 Å². The second-order valence-electron chi connectivity index (χ2n) is 4.92. The molecule has 0 saturated heterocycles. The summed E-state index contributed by atoms with van der Waals surface area (Å²) < 4.78 is 0. The molecule has 2 aromatic rings. The van der Waals surface area contributed by atoms with E-state index in [0.717, 1.165) is 5.03 Å². The van der Waals surface area contributed by atoms with E-state index >= 15 is 0 Å². The normalized spacial score (nSPS) is 11.5. The predicted molar refractivity (Wildman–Crippen MR) is 71.3 cm³/mol. The molecule has 0 aliphatic rings. The molecule has 88 valence electrons. The van der Waals surface area contributed by atoms with Crippen molar-refractivity contribution in [1.82, 2.24) is 9.97 Å².